The van der Waals surface area contributed by atoms with Gasteiger partial charge in [-0.25, -0.2) is 4.98 Å². The predicted molar refractivity (Wildman–Crippen MR) is 130 cm³/mol. The summed E-state index contributed by atoms with van der Waals surface area (Å²) in [6, 6.07) is 17.1. The van der Waals surface area contributed by atoms with E-state index in [4.69, 9.17) is 9.72 Å². The lowest BCUT2D eigenvalue weighted by atomic mass is 10.1. The Balaban J connectivity index is 1.78. The van der Waals surface area contributed by atoms with Crippen LogP contribution in [0.5, 0.6) is 0 Å². The number of benzene rings is 2. The average Bonchev–Trinajstić information content (AvgIpc) is 2.78. The molecule has 7 heteroatoms. The fraction of sp³-hybridized carbons (Fsp3) is 0.400. The lowest BCUT2D eigenvalue weighted by molar-refractivity contribution is -0.120. The molecule has 0 unspecified atom stereocenters. The Bertz CT molecular complexity index is 1100. The van der Waals surface area contributed by atoms with Gasteiger partial charge in [0.2, 0.25) is 5.91 Å². The molecule has 1 aromatic heterocycles. The molecule has 1 N–H and O–H groups in total. The van der Waals surface area contributed by atoms with Crippen molar-refractivity contribution in [2.24, 2.45) is 0 Å². The summed E-state index contributed by atoms with van der Waals surface area (Å²) in [4.78, 5) is 30.7. The average molecular weight is 454 g/mol. The highest BCUT2D eigenvalue weighted by Crippen LogP contribution is 2.24. The van der Waals surface area contributed by atoms with Crippen molar-refractivity contribution in [1.82, 2.24) is 14.9 Å². The second kappa shape index (κ2) is 11.3. The zero-order valence-electron chi connectivity index (χ0n) is 19.1. The van der Waals surface area contributed by atoms with Gasteiger partial charge in [-0.2, -0.15) is 0 Å². The summed E-state index contributed by atoms with van der Waals surface area (Å²) < 4.78 is 7.30. The number of hydrogen-bond acceptors (Lipinski definition) is 5. The minimum absolute atomic E-state index is 0.0899. The molecule has 0 saturated heterocycles. The van der Waals surface area contributed by atoms with Crippen molar-refractivity contribution in [3.8, 4) is 0 Å². The monoisotopic (exact) mass is 453 g/mol. The molecule has 2 aromatic carbocycles. The number of carbonyl (C=O) groups excluding carboxylic acids is 1. The molecular formula is C25H31N3O3S. The zero-order chi connectivity index (χ0) is 23.1. The van der Waals surface area contributed by atoms with Crippen molar-refractivity contribution in [1.29, 1.82) is 0 Å². The Hall–Kier alpha value is -2.64. The first-order chi connectivity index (χ1) is 15.4. The van der Waals surface area contributed by atoms with Crippen LogP contribution in [-0.2, 0) is 16.1 Å². The van der Waals surface area contributed by atoms with E-state index in [1.54, 1.807) is 10.6 Å². The van der Waals surface area contributed by atoms with E-state index in [2.05, 4.69) is 5.32 Å². The zero-order valence-corrected chi connectivity index (χ0v) is 19.9. The normalized spacial score (nSPS) is 13.3. The first-order valence-electron chi connectivity index (χ1n) is 11.0. The molecular weight excluding hydrogens is 422 g/mol. The van der Waals surface area contributed by atoms with E-state index in [1.807, 2.05) is 76.2 Å². The Morgan fingerprint density at radius 3 is 2.47 bits per heavy atom. The van der Waals surface area contributed by atoms with Crippen LogP contribution in [0.3, 0.4) is 0 Å². The highest BCUT2D eigenvalue weighted by Gasteiger charge is 2.21. The molecule has 0 aliphatic carbocycles. The molecule has 3 rings (SSSR count). The lowest BCUT2D eigenvalue weighted by Crippen LogP contribution is -2.34. The SMILES string of the molecule is CC(C)OCCCn1c(S[C@@H](C)C(=O)N[C@@H](C)c2ccccc2)nc2ccccc2c1=O. The number of aromatic nitrogens is 2. The molecule has 0 fully saturated rings. The molecule has 1 amide bonds. The van der Waals surface area contributed by atoms with Crippen LogP contribution in [0.4, 0.5) is 0 Å². The van der Waals surface area contributed by atoms with Crippen LogP contribution in [0, 0.1) is 0 Å². The van der Waals surface area contributed by atoms with Crippen LogP contribution >= 0.6 is 11.8 Å². The molecule has 1 heterocycles. The summed E-state index contributed by atoms with van der Waals surface area (Å²) in [5.74, 6) is -0.0940. The Morgan fingerprint density at radius 1 is 1.06 bits per heavy atom. The van der Waals surface area contributed by atoms with E-state index < -0.39 is 5.25 Å². The summed E-state index contributed by atoms with van der Waals surface area (Å²) in [7, 11) is 0. The minimum atomic E-state index is -0.410. The van der Waals surface area contributed by atoms with Gasteiger partial charge in [-0.3, -0.25) is 14.2 Å². The van der Waals surface area contributed by atoms with Crippen LogP contribution < -0.4 is 10.9 Å². The molecule has 0 spiro atoms. The Kier molecular flexibility index (Phi) is 8.47. The smallest absolute Gasteiger partial charge is 0.262 e. The first-order valence-corrected chi connectivity index (χ1v) is 11.9. The number of nitrogens with one attached hydrogen (secondary N) is 1. The molecule has 0 saturated carbocycles. The molecule has 0 aliphatic heterocycles. The fourth-order valence-corrected chi connectivity index (χ4v) is 4.29. The Labute approximate surface area is 193 Å². The van der Waals surface area contributed by atoms with E-state index in [0.29, 0.717) is 35.6 Å². The van der Waals surface area contributed by atoms with Gasteiger partial charge in [-0.1, -0.05) is 54.2 Å². The quantitative estimate of drug-likeness (QED) is 0.277. The third kappa shape index (κ3) is 6.20. The summed E-state index contributed by atoms with van der Waals surface area (Å²) in [6.07, 6.45) is 0.836. The van der Waals surface area contributed by atoms with Gasteiger partial charge in [0.1, 0.15) is 0 Å². The number of ether oxygens (including phenoxy) is 1. The van der Waals surface area contributed by atoms with Gasteiger partial charge < -0.3 is 10.1 Å². The molecule has 32 heavy (non-hydrogen) atoms. The highest BCUT2D eigenvalue weighted by atomic mass is 32.2. The van der Waals surface area contributed by atoms with Crippen molar-refractivity contribution in [2.75, 3.05) is 6.61 Å². The van der Waals surface area contributed by atoms with E-state index in [0.717, 1.165) is 5.56 Å². The van der Waals surface area contributed by atoms with E-state index in [1.165, 1.54) is 11.8 Å². The van der Waals surface area contributed by atoms with Gasteiger partial charge in [0.05, 0.1) is 28.3 Å². The number of amides is 1. The second-order valence-electron chi connectivity index (χ2n) is 8.04. The number of hydrogen-bond donors (Lipinski definition) is 1. The van der Waals surface area contributed by atoms with Crippen molar-refractivity contribution >= 4 is 28.6 Å². The summed E-state index contributed by atoms with van der Waals surface area (Å²) in [6.45, 7) is 8.82. The third-order valence-corrected chi connectivity index (χ3v) is 6.20. The fourth-order valence-electron chi connectivity index (χ4n) is 3.34. The van der Waals surface area contributed by atoms with E-state index in [-0.39, 0.29) is 23.6 Å². The first kappa shape index (κ1) is 24.0. The van der Waals surface area contributed by atoms with Gasteiger partial charge in [0, 0.05) is 13.2 Å². The number of nitrogens with zero attached hydrogens (tertiary/aromatic N) is 2. The van der Waals surface area contributed by atoms with Crippen LogP contribution in [0.25, 0.3) is 10.9 Å². The van der Waals surface area contributed by atoms with E-state index >= 15 is 0 Å². The number of rotatable bonds is 10. The Morgan fingerprint density at radius 2 is 1.75 bits per heavy atom. The maximum absolute atomic E-state index is 13.2. The largest absolute Gasteiger partial charge is 0.379 e. The van der Waals surface area contributed by atoms with Gasteiger partial charge in [-0.05, 0) is 51.8 Å². The van der Waals surface area contributed by atoms with Crippen LogP contribution in [0.2, 0.25) is 0 Å². The molecule has 0 radical (unpaired) electrons. The number of para-hydroxylation sites is 1. The molecule has 0 aliphatic rings. The lowest BCUT2D eigenvalue weighted by Gasteiger charge is -2.19. The topological polar surface area (TPSA) is 73.2 Å². The molecule has 0 bridgehead atoms. The summed E-state index contributed by atoms with van der Waals surface area (Å²) in [5.41, 5.74) is 1.59. The van der Waals surface area contributed by atoms with Crippen molar-refractivity contribution in [3.05, 3.63) is 70.5 Å². The maximum Gasteiger partial charge on any atom is 0.262 e. The standard InChI is InChI=1S/C25H31N3O3S/c1-17(2)31-16-10-15-28-24(30)21-13-8-9-14-22(21)27-25(28)32-19(4)23(29)26-18(3)20-11-6-5-7-12-20/h5-9,11-14,17-19H,10,15-16H2,1-4H3,(H,26,29)/t18-,19-/m0/s1. The number of carbonyl (C=O) groups is 1. The predicted octanol–water partition coefficient (Wildman–Crippen LogP) is 4.57. The molecule has 6 nitrogen and oxygen atoms in total. The van der Waals surface area contributed by atoms with Gasteiger partial charge in [0.25, 0.3) is 5.56 Å². The van der Waals surface area contributed by atoms with Crippen LogP contribution in [0.15, 0.2) is 64.5 Å². The number of thioether (sulfide) groups is 1. The van der Waals surface area contributed by atoms with Crippen LogP contribution in [-0.4, -0.2) is 33.4 Å². The van der Waals surface area contributed by atoms with Crippen molar-refractivity contribution in [2.45, 2.75) is 63.2 Å². The highest BCUT2D eigenvalue weighted by molar-refractivity contribution is 8.00. The molecule has 170 valence electrons. The summed E-state index contributed by atoms with van der Waals surface area (Å²) in [5, 5.41) is 3.78. The van der Waals surface area contributed by atoms with Gasteiger partial charge >= 0.3 is 0 Å². The summed E-state index contributed by atoms with van der Waals surface area (Å²) >= 11 is 1.31. The van der Waals surface area contributed by atoms with Gasteiger partial charge in [-0.15, -0.1) is 0 Å². The van der Waals surface area contributed by atoms with Crippen LogP contribution in [0.1, 0.15) is 45.7 Å². The van der Waals surface area contributed by atoms with Crippen molar-refractivity contribution in [3.63, 3.8) is 0 Å². The van der Waals surface area contributed by atoms with Gasteiger partial charge in [0.15, 0.2) is 5.16 Å². The molecule has 3 aromatic rings. The third-order valence-electron chi connectivity index (χ3n) is 5.11. The second-order valence-corrected chi connectivity index (χ2v) is 9.35. The molecule has 2 atom stereocenters. The van der Waals surface area contributed by atoms with E-state index in [9.17, 15) is 9.59 Å². The number of fused-ring (bicyclic) bond motifs is 1. The maximum atomic E-state index is 13.2. The minimum Gasteiger partial charge on any atom is -0.379 e. The van der Waals surface area contributed by atoms with Crippen molar-refractivity contribution < 1.29 is 9.53 Å².